The van der Waals surface area contributed by atoms with Gasteiger partial charge in [0.25, 0.3) is 0 Å². The zero-order chi connectivity index (χ0) is 9.26. The van der Waals surface area contributed by atoms with Gasteiger partial charge in [-0.2, -0.15) is 9.89 Å². The number of aromatic nitrogens is 2. The molecule has 0 bridgehead atoms. The van der Waals surface area contributed by atoms with Crippen molar-refractivity contribution in [3.63, 3.8) is 0 Å². The lowest BCUT2D eigenvalue weighted by atomic mass is 10.1. The van der Waals surface area contributed by atoms with E-state index in [-0.39, 0.29) is 0 Å². The Morgan fingerprint density at radius 3 is 2.38 bits per heavy atom. The minimum absolute atomic E-state index is 0.726. The first-order valence-electron chi connectivity index (χ1n) is 3.81. The molecule has 0 amide bonds. The van der Waals surface area contributed by atoms with Crippen molar-refractivity contribution in [3.05, 3.63) is 41.7 Å². The molecule has 0 saturated heterocycles. The number of hydrogen-bond donors (Lipinski definition) is 1. The molecule has 3 nitrogen and oxygen atoms in total. The second-order valence-electron chi connectivity index (χ2n) is 2.72. The van der Waals surface area contributed by atoms with Gasteiger partial charge >= 0.3 is 0 Å². The lowest BCUT2D eigenvalue weighted by molar-refractivity contribution is 0.832. The van der Waals surface area contributed by atoms with Crippen LogP contribution in [0.4, 0.5) is 0 Å². The average molecular weight is 194 g/mol. The molecule has 1 heterocycles. The second-order valence-corrected chi connectivity index (χ2v) is 3.15. The van der Waals surface area contributed by atoms with Gasteiger partial charge in [-0.3, -0.25) is 0 Å². The van der Waals surface area contributed by atoms with Crippen LogP contribution < -0.4 is 5.84 Å². The number of hydrogen-bond acceptors (Lipinski definition) is 2. The van der Waals surface area contributed by atoms with Crippen molar-refractivity contribution in [2.45, 2.75) is 0 Å². The summed E-state index contributed by atoms with van der Waals surface area (Å²) in [6.07, 6.45) is 3.46. The third kappa shape index (κ3) is 1.65. The summed E-state index contributed by atoms with van der Waals surface area (Å²) in [5, 5.41) is 4.60. The van der Waals surface area contributed by atoms with E-state index in [1.165, 1.54) is 4.79 Å². The maximum Gasteiger partial charge on any atom is 0.0589 e. The second kappa shape index (κ2) is 3.11. The van der Waals surface area contributed by atoms with Crippen molar-refractivity contribution >= 4 is 11.6 Å². The van der Waals surface area contributed by atoms with Gasteiger partial charge in [-0.25, -0.2) is 0 Å². The van der Waals surface area contributed by atoms with E-state index >= 15 is 0 Å². The lowest BCUT2D eigenvalue weighted by Gasteiger charge is -1.95. The van der Waals surface area contributed by atoms with Gasteiger partial charge in [-0.1, -0.05) is 23.7 Å². The van der Waals surface area contributed by atoms with Gasteiger partial charge in [0, 0.05) is 10.6 Å². The molecule has 2 aromatic rings. The standard InChI is InChI=1S/C9H8ClN3/c10-9-3-1-7(2-4-9)8-5-12-13(11)6-8/h1-6H,11H2. The molecule has 0 aliphatic carbocycles. The molecular formula is C9H8ClN3. The number of rotatable bonds is 1. The molecule has 4 heteroatoms. The van der Waals surface area contributed by atoms with E-state index in [1.54, 1.807) is 12.4 Å². The van der Waals surface area contributed by atoms with Crippen LogP contribution in [0.2, 0.25) is 5.02 Å². The molecular weight excluding hydrogens is 186 g/mol. The Morgan fingerprint density at radius 1 is 1.15 bits per heavy atom. The summed E-state index contributed by atoms with van der Waals surface area (Å²) in [6, 6.07) is 7.54. The summed E-state index contributed by atoms with van der Waals surface area (Å²) in [7, 11) is 0. The van der Waals surface area contributed by atoms with Gasteiger partial charge in [-0.05, 0) is 17.7 Å². The largest absolute Gasteiger partial charge is 0.323 e. The Hall–Kier alpha value is -1.48. The predicted molar refractivity (Wildman–Crippen MR) is 52.8 cm³/mol. The summed E-state index contributed by atoms with van der Waals surface area (Å²) in [6.45, 7) is 0. The molecule has 13 heavy (non-hydrogen) atoms. The van der Waals surface area contributed by atoms with Crippen molar-refractivity contribution in [2.75, 3.05) is 5.84 Å². The number of nitrogens with zero attached hydrogens (tertiary/aromatic N) is 2. The van der Waals surface area contributed by atoms with Gasteiger partial charge in [0.2, 0.25) is 0 Å². The molecule has 0 atom stereocenters. The topological polar surface area (TPSA) is 43.8 Å². The molecule has 1 aromatic heterocycles. The highest BCUT2D eigenvalue weighted by Gasteiger charge is 1.99. The zero-order valence-electron chi connectivity index (χ0n) is 6.81. The average Bonchev–Trinajstić information content (AvgIpc) is 2.53. The van der Waals surface area contributed by atoms with E-state index in [9.17, 15) is 0 Å². The molecule has 0 spiro atoms. The minimum Gasteiger partial charge on any atom is -0.323 e. The molecule has 1 aromatic carbocycles. The third-order valence-electron chi connectivity index (χ3n) is 1.78. The normalized spacial score (nSPS) is 10.2. The Bertz CT molecular complexity index is 405. The van der Waals surface area contributed by atoms with Gasteiger partial charge in [-0.15, -0.1) is 0 Å². The quantitative estimate of drug-likeness (QED) is 0.704. The minimum atomic E-state index is 0.726. The first-order chi connectivity index (χ1) is 6.25. The summed E-state index contributed by atoms with van der Waals surface area (Å²) in [4.78, 5) is 1.28. The zero-order valence-corrected chi connectivity index (χ0v) is 7.57. The van der Waals surface area contributed by atoms with Gasteiger partial charge in [0.15, 0.2) is 0 Å². The fraction of sp³-hybridized carbons (Fsp3) is 0. The number of halogens is 1. The van der Waals surface area contributed by atoms with Crippen molar-refractivity contribution in [1.29, 1.82) is 0 Å². The van der Waals surface area contributed by atoms with E-state index < -0.39 is 0 Å². The molecule has 0 aliphatic rings. The Kier molecular flexibility index (Phi) is 1.94. The fourth-order valence-electron chi connectivity index (χ4n) is 1.13. The van der Waals surface area contributed by atoms with Crippen molar-refractivity contribution < 1.29 is 0 Å². The van der Waals surface area contributed by atoms with E-state index in [1.807, 2.05) is 24.3 Å². The van der Waals surface area contributed by atoms with E-state index in [4.69, 9.17) is 17.4 Å². The Morgan fingerprint density at radius 2 is 1.85 bits per heavy atom. The van der Waals surface area contributed by atoms with Gasteiger partial charge < -0.3 is 5.84 Å². The van der Waals surface area contributed by atoms with Crippen LogP contribution in [-0.2, 0) is 0 Å². The van der Waals surface area contributed by atoms with Crippen LogP contribution in [0.15, 0.2) is 36.7 Å². The predicted octanol–water partition coefficient (Wildman–Crippen LogP) is 1.92. The van der Waals surface area contributed by atoms with Gasteiger partial charge in [0.1, 0.15) is 0 Å². The molecule has 0 unspecified atom stereocenters. The van der Waals surface area contributed by atoms with E-state index in [2.05, 4.69) is 5.10 Å². The third-order valence-corrected chi connectivity index (χ3v) is 2.03. The van der Waals surface area contributed by atoms with Crippen LogP contribution in [0.1, 0.15) is 0 Å². The number of nitrogen functional groups attached to an aromatic ring is 1. The molecule has 0 fully saturated rings. The van der Waals surface area contributed by atoms with Crippen LogP contribution in [0, 0.1) is 0 Å². The first-order valence-corrected chi connectivity index (χ1v) is 4.19. The van der Waals surface area contributed by atoms with Crippen LogP contribution in [0.25, 0.3) is 11.1 Å². The van der Waals surface area contributed by atoms with Crippen LogP contribution in [-0.4, -0.2) is 9.89 Å². The van der Waals surface area contributed by atoms with E-state index in [0.717, 1.165) is 16.1 Å². The Labute approximate surface area is 80.7 Å². The maximum absolute atomic E-state index is 5.76. The monoisotopic (exact) mass is 193 g/mol. The molecule has 0 saturated carbocycles. The van der Waals surface area contributed by atoms with Crippen LogP contribution in [0.3, 0.4) is 0 Å². The maximum atomic E-state index is 5.76. The fourth-order valence-corrected chi connectivity index (χ4v) is 1.26. The molecule has 0 aliphatic heterocycles. The lowest BCUT2D eigenvalue weighted by Crippen LogP contribution is -2.06. The number of nitrogens with two attached hydrogens (primary N) is 1. The molecule has 0 radical (unpaired) electrons. The van der Waals surface area contributed by atoms with Crippen LogP contribution in [0.5, 0.6) is 0 Å². The smallest absolute Gasteiger partial charge is 0.0589 e. The molecule has 2 N–H and O–H groups in total. The highest BCUT2D eigenvalue weighted by atomic mass is 35.5. The van der Waals surface area contributed by atoms with Gasteiger partial charge in [0.05, 0.1) is 12.4 Å². The first kappa shape index (κ1) is 8.13. The SMILES string of the molecule is Nn1cc(-c2ccc(Cl)cc2)cn1. The molecule has 2 rings (SSSR count). The van der Waals surface area contributed by atoms with E-state index in [0.29, 0.717) is 0 Å². The summed E-state index contributed by atoms with van der Waals surface area (Å²) >= 11 is 5.76. The number of benzene rings is 1. The summed E-state index contributed by atoms with van der Waals surface area (Å²) in [5.74, 6) is 5.43. The highest BCUT2D eigenvalue weighted by molar-refractivity contribution is 6.30. The van der Waals surface area contributed by atoms with Crippen LogP contribution >= 0.6 is 11.6 Å². The molecule has 66 valence electrons. The highest BCUT2D eigenvalue weighted by Crippen LogP contribution is 2.19. The summed E-state index contributed by atoms with van der Waals surface area (Å²) in [5.41, 5.74) is 2.04. The van der Waals surface area contributed by atoms with Crippen molar-refractivity contribution in [1.82, 2.24) is 9.89 Å². The van der Waals surface area contributed by atoms with Crippen molar-refractivity contribution in [3.8, 4) is 11.1 Å². The Balaban J connectivity index is 2.41. The van der Waals surface area contributed by atoms with Crippen molar-refractivity contribution in [2.24, 2.45) is 0 Å². The summed E-state index contributed by atoms with van der Waals surface area (Å²) < 4.78 is 0.